The zero-order chi connectivity index (χ0) is 11.6. The fraction of sp³-hybridized carbons (Fsp3) is 0.250. The van der Waals surface area contributed by atoms with E-state index in [0.29, 0.717) is 0 Å². The van der Waals surface area contributed by atoms with Crippen LogP contribution in [0.2, 0.25) is 5.02 Å². The summed E-state index contributed by atoms with van der Waals surface area (Å²) in [6.45, 7) is 1.84. The molecule has 0 heterocycles. The van der Waals surface area contributed by atoms with Crippen LogP contribution in [0, 0.1) is 5.82 Å². The van der Waals surface area contributed by atoms with E-state index in [-0.39, 0.29) is 22.2 Å². The zero-order valence-corrected chi connectivity index (χ0v) is 9.49. The quantitative estimate of drug-likeness (QED) is 0.798. The number of hydrogen-bond donors (Lipinski definition) is 2. The number of benzene rings is 1. The second kappa shape index (κ2) is 4.34. The summed E-state index contributed by atoms with van der Waals surface area (Å²) in [5.41, 5.74) is 5.00. The van der Waals surface area contributed by atoms with E-state index in [1.165, 1.54) is 0 Å². The number of nitrogens with one attached hydrogen (secondary N) is 1. The van der Waals surface area contributed by atoms with Gasteiger partial charge in [-0.3, -0.25) is 0 Å². The average Bonchev–Trinajstić information content (AvgIpc) is 2.11. The minimum Gasteiger partial charge on any atom is -0.396 e. The summed E-state index contributed by atoms with van der Waals surface area (Å²) in [5, 5.41) is -0.192. The Kier molecular flexibility index (Phi) is 3.54. The van der Waals surface area contributed by atoms with Crippen LogP contribution < -0.4 is 10.5 Å². The highest BCUT2D eigenvalue weighted by Gasteiger charge is 2.18. The van der Waals surface area contributed by atoms with Gasteiger partial charge in [0.1, 0.15) is 10.7 Å². The molecule has 0 amide bonds. The van der Waals surface area contributed by atoms with E-state index in [2.05, 4.69) is 4.72 Å². The molecule has 4 nitrogen and oxygen atoms in total. The Balaban J connectivity index is 3.33. The molecule has 15 heavy (non-hydrogen) atoms. The van der Waals surface area contributed by atoms with Crippen molar-refractivity contribution < 1.29 is 12.8 Å². The lowest BCUT2D eigenvalue weighted by molar-refractivity contribution is 0.583. The van der Waals surface area contributed by atoms with Crippen molar-refractivity contribution in [2.45, 2.75) is 11.8 Å². The number of halogens is 2. The number of hydrogen-bond acceptors (Lipinski definition) is 3. The topological polar surface area (TPSA) is 72.2 Å². The summed E-state index contributed by atoms with van der Waals surface area (Å²) in [5.74, 6) is -0.740. The summed E-state index contributed by atoms with van der Waals surface area (Å²) in [4.78, 5) is -0.218. The van der Waals surface area contributed by atoms with E-state index in [9.17, 15) is 12.8 Å². The molecule has 0 fully saturated rings. The molecule has 0 aliphatic heterocycles. The van der Waals surface area contributed by atoms with Gasteiger partial charge in [0.05, 0.1) is 10.7 Å². The van der Waals surface area contributed by atoms with Crippen LogP contribution in [0.3, 0.4) is 0 Å². The summed E-state index contributed by atoms with van der Waals surface area (Å²) >= 11 is 5.61. The van der Waals surface area contributed by atoms with Crippen molar-refractivity contribution in [2.24, 2.45) is 0 Å². The normalized spacial score (nSPS) is 11.7. The third-order valence-electron chi connectivity index (χ3n) is 1.68. The molecular weight excluding hydrogens is 243 g/mol. The van der Waals surface area contributed by atoms with Gasteiger partial charge in [-0.2, -0.15) is 0 Å². The van der Waals surface area contributed by atoms with Crippen LogP contribution in [0.5, 0.6) is 0 Å². The van der Waals surface area contributed by atoms with E-state index in [4.69, 9.17) is 17.3 Å². The summed E-state index contributed by atoms with van der Waals surface area (Å²) < 4.78 is 38.2. The molecule has 3 N–H and O–H groups in total. The molecule has 7 heteroatoms. The van der Waals surface area contributed by atoms with Crippen molar-refractivity contribution >= 4 is 27.3 Å². The Labute approximate surface area is 92.3 Å². The predicted octanol–water partition coefficient (Wildman–Crippen LogP) is 1.36. The highest BCUT2D eigenvalue weighted by molar-refractivity contribution is 7.89. The van der Waals surface area contributed by atoms with Gasteiger partial charge in [0.25, 0.3) is 0 Å². The molecule has 0 saturated carbocycles. The van der Waals surface area contributed by atoms with E-state index in [1.807, 2.05) is 0 Å². The van der Waals surface area contributed by atoms with Crippen molar-refractivity contribution in [3.05, 3.63) is 23.0 Å². The van der Waals surface area contributed by atoms with Gasteiger partial charge < -0.3 is 5.73 Å². The minimum atomic E-state index is -3.71. The zero-order valence-electron chi connectivity index (χ0n) is 7.92. The number of anilines is 1. The highest BCUT2D eigenvalue weighted by Crippen LogP contribution is 2.25. The van der Waals surface area contributed by atoms with Gasteiger partial charge in [0, 0.05) is 6.54 Å². The molecule has 0 spiro atoms. The first-order valence-electron chi connectivity index (χ1n) is 4.12. The number of nitrogen functional groups attached to an aromatic ring is 1. The number of rotatable bonds is 3. The van der Waals surface area contributed by atoms with Gasteiger partial charge >= 0.3 is 0 Å². The molecular formula is C8H10ClFN2O2S. The monoisotopic (exact) mass is 252 g/mol. The lowest BCUT2D eigenvalue weighted by Gasteiger charge is -2.07. The van der Waals surface area contributed by atoms with Crippen LogP contribution in [0.4, 0.5) is 10.1 Å². The largest absolute Gasteiger partial charge is 0.396 e. The molecule has 84 valence electrons. The maximum atomic E-state index is 12.9. The molecule has 0 aliphatic rings. The van der Waals surface area contributed by atoms with Crippen LogP contribution in [-0.2, 0) is 10.0 Å². The van der Waals surface area contributed by atoms with Crippen LogP contribution in [0.25, 0.3) is 0 Å². The third kappa shape index (κ3) is 2.58. The lowest BCUT2D eigenvalue weighted by Crippen LogP contribution is -2.23. The highest BCUT2D eigenvalue weighted by atomic mass is 35.5. The number of nitrogens with two attached hydrogens (primary N) is 1. The Morgan fingerprint density at radius 1 is 1.53 bits per heavy atom. The van der Waals surface area contributed by atoms with Crippen LogP contribution >= 0.6 is 11.6 Å². The Morgan fingerprint density at radius 3 is 2.67 bits per heavy atom. The first-order chi connectivity index (χ1) is 6.88. The van der Waals surface area contributed by atoms with Gasteiger partial charge in [-0.15, -0.1) is 0 Å². The van der Waals surface area contributed by atoms with E-state index in [1.54, 1.807) is 6.92 Å². The van der Waals surface area contributed by atoms with Gasteiger partial charge in [0.15, 0.2) is 0 Å². The van der Waals surface area contributed by atoms with Gasteiger partial charge in [-0.1, -0.05) is 18.5 Å². The molecule has 0 unspecified atom stereocenters. The van der Waals surface area contributed by atoms with E-state index < -0.39 is 15.8 Å². The van der Waals surface area contributed by atoms with Crippen molar-refractivity contribution in [1.29, 1.82) is 0 Å². The molecule has 0 aliphatic carbocycles. The van der Waals surface area contributed by atoms with Gasteiger partial charge in [-0.05, 0) is 12.1 Å². The molecule has 0 radical (unpaired) electrons. The van der Waals surface area contributed by atoms with Crippen molar-refractivity contribution in [1.82, 2.24) is 4.72 Å². The summed E-state index contributed by atoms with van der Waals surface area (Å²) in [6.07, 6.45) is 0. The van der Waals surface area contributed by atoms with Crippen LogP contribution in [0.1, 0.15) is 6.92 Å². The second-order valence-corrected chi connectivity index (χ2v) is 4.95. The summed E-state index contributed by atoms with van der Waals surface area (Å²) in [7, 11) is -3.71. The third-order valence-corrected chi connectivity index (χ3v) is 3.69. The standard InChI is InChI=1S/C8H10ClFN2O2S/c1-2-12-15(13,14)8-4-7(11)6(10)3-5(8)9/h3-4,12H,2,11H2,1H3. The van der Waals surface area contributed by atoms with E-state index >= 15 is 0 Å². The van der Waals surface area contributed by atoms with Gasteiger partial charge in [-0.25, -0.2) is 17.5 Å². The van der Waals surface area contributed by atoms with Crippen LogP contribution in [0.15, 0.2) is 17.0 Å². The summed E-state index contributed by atoms with van der Waals surface area (Å²) in [6, 6.07) is 1.87. The predicted molar refractivity (Wildman–Crippen MR) is 56.7 cm³/mol. The van der Waals surface area contributed by atoms with Crippen molar-refractivity contribution in [3.63, 3.8) is 0 Å². The molecule has 0 aromatic heterocycles. The average molecular weight is 253 g/mol. The smallest absolute Gasteiger partial charge is 0.242 e. The molecule has 0 bridgehead atoms. The Morgan fingerprint density at radius 2 is 2.13 bits per heavy atom. The second-order valence-electron chi connectivity index (χ2n) is 2.81. The molecule has 1 rings (SSSR count). The number of sulfonamides is 1. The Bertz CT molecular complexity index is 476. The maximum absolute atomic E-state index is 12.9. The minimum absolute atomic E-state index is 0.192. The van der Waals surface area contributed by atoms with Gasteiger partial charge in [0.2, 0.25) is 10.0 Å². The fourth-order valence-corrected chi connectivity index (χ4v) is 2.61. The van der Waals surface area contributed by atoms with Crippen molar-refractivity contribution in [3.8, 4) is 0 Å². The fourth-order valence-electron chi connectivity index (χ4n) is 1.02. The molecule has 0 atom stereocenters. The SMILES string of the molecule is CCNS(=O)(=O)c1cc(N)c(F)cc1Cl. The molecule has 1 aromatic rings. The maximum Gasteiger partial charge on any atom is 0.242 e. The molecule has 1 aromatic carbocycles. The Hall–Kier alpha value is -0.850. The van der Waals surface area contributed by atoms with Crippen molar-refractivity contribution in [2.75, 3.05) is 12.3 Å². The molecule has 0 saturated heterocycles. The first kappa shape index (κ1) is 12.2. The first-order valence-corrected chi connectivity index (χ1v) is 5.98. The lowest BCUT2D eigenvalue weighted by atomic mass is 10.3. The van der Waals surface area contributed by atoms with Crippen LogP contribution in [-0.4, -0.2) is 15.0 Å². The van der Waals surface area contributed by atoms with E-state index in [0.717, 1.165) is 12.1 Å².